The predicted octanol–water partition coefficient (Wildman–Crippen LogP) is 6.24. The maximum absolute atomic E-state index is 9.66. The van der Waals surface area contributed by atoms with Crippen LogP contribution in [0.25, 0.3) is 0 Å². The summed E-state index contributed by atoms with van der Waals surface area (Å²) in [4.78, 5) is 0. The van der Waals surface area contributed by atoms with E-state index in [0.717, 1.165) is 19.3 Å². The van der Waals surface area contributed by atoms with Gasteiger partial charge in [0.25, 0.3) is 0 Å². The SMILES string of the molecule is CCCCCCCCCCCCC#C[C@H](O)CCCCC. The van der Waals surface area contributed by atoms with Gasteiger partial charge in [-0.15, -0.1) is 5.92 Å². The van der Waals surface area contributed by atoms with Crippen LogP contribution in [-0.2, 0) is 0 Å². The molecule has 0 aliphatic carbocycles. The Morgan fingerprint density at radius 1 is 0.667 bits per heavy atom. The highest BCUT2D eigenvalue weighted by atomic mass is 16.3. The van der Waals surface area contributed by atoms with Crippen LogP contribution in [-0.4, -0.2) is 11.2 Å². The summed E-state index contributed by atoms with van der Waals surface area (Å²) in [6.07, 6.45) is 18.6. The van der Waals surface area contributed by atoms with E-state index in [9.17, 15) is 5.11 Å². The molecule has 1 atom stereocenters. The fourth-order valence-corrected chi connectivity index (χ4v) is 2.55. The van der Waals surface area contributed by atoms with Gasteiger partial charge in [0.15, 0.2) is 0 Å². The lowest BCUT2D eigenvalue weighted by Gasteiger charge is -2.02. The molecule has 0 aromatic carbocycles. The van der Waals surface area contributed by atoms with Gasteiger partial charge in [0.05, 0.1) is 0 Å². The number of unbranched alkanes of at least 4 members (excludes halogenated alkanes) is 12. The van der Waals surface area contributed by atoms with Gasteiger partial charge < -0.3 is 5.11 Å². The number of hydrogen-bond acceptors (Lipinski definition) is 1. The van der Waals surface area contributed by atoms with Gasteiger partial charge in [-0.25, -0.2) is 0 Å². The van der Waals surface area contributed by atoms with Crippen molar-refractivity contribution in [1.82, 2.24) is 0 Å². The summed E-state index contributed by atoms with van der Waals surface area (Å²) >= 11 is 0. The Morgan fingerprint density at radius 3 is 1.71 bits per heavy atom. The molecule has 124 valence electrons. The van der Waals surface area contributed by atoms with E-state index in [1.54, 1.807) is 0 Å². The summed E-state index contributed by atoms with van der Waals surface area (Å²) < 4.78 is 0. The van der Waals surface area contributed by atoms with Crippen LogP contribution >= 0.6 is 0 Å². The van der Waals surface area contributed by atoms with E-state index in [1.165, 1.54) is 77.0 Å². The number of aliphatic hydroxyl groups is 1. The molecule has 0 rings (SSSR count). The van der Waals surface area contributed by atoms with Crippen molar-refractivity contribution in [2.24, 2.45) is 0 Å². The molecule has 1 nitrogen and oxygen atoms in total. The van der Waals surface area contributed by atoms with Gasteiger partial charge in [0.1, 0.15) is 6.10 Å². The third-order valence-corrected chi connectivity index (χ3v) is 4.01. The van der Waals surface area contributed by atoms with Crippen LogP contribution in [0, 0.1) is 11.8 Å². The molecule has 0 unspecified atom stereocenters. The summed E-state index contributed by atoms with van der Waals surface area (Å²) in [6, 6.07) is 0. The maximum atomic E-state index is 9.66. The largest absolute Gasteiger partial charge is 0.380 e. The van der Waals surface area contributed by atoms with Crippen LogP contribution in [0.2, 0.25) is 0 Å². The van der Waals surface area contributed by atoms with Gasteiger partial charge in [-0.2, -0.15) is 0 Å². The summed E-state index contributed by atoms with van der Waals surface area (Å²) in [5, 5.41) is 9.66. The van der Waals surface area contributed by atoms with Gasteiger partial charge in [-0.1, -0.05) is 90.4 Å². The van der Waals surface area contributed by atoms with Crippen molar-refractivity contribution in [2.75, 3.05) is 0 Å². The van der Waals surface area contributed by atoms with Gasteiger partial charge in [0, 0.05) is 6.42 Å². The van der Waals surface area contributed by atoms with Gasteiger partial charge in [-0.05, 0) is 19.3 Å². The number of rotatable bonds is 14. The molecule has 0 aliphatic heterocycles. The molecule has 21 heavy (non-hydrogen) atoms. The molecule has 0 fully saturated rings. The standard InChI is InChI=1S/C20H38O/c1-3-5-7-8-9-10-11-12-13-14-15-17-19-20(21)18-16-6-4-2/h20-21H,3-16,18H2,1-2H3/t20-/m1/s1. The molecule has 0 saturated heterocycles. The highest BCUT2D eigenvalue weighted by molar-refractivity contribution is 5.04. The van der Waals surface area contributed by atoms with Crippen molar-refractivity contribution in [3.8, 4) is 11.8 Å². The van der Waals surface area contributed by atoms with E-state index in [4.69, 9.17) is 0 Å². The van der Waals surface area contributed by atoms with Crippen molar-refractivity contribution >= 4 is 0 Å². The zero-order valence-corrected chi connectivity index (χ0v) is 14.6. The van der Waals surface area contributed by atoms with Crippen LogP contribution < -0.4 is 0 Å². The molecule has 0 aliphatic rings. The Balaban J connectivity index is 3.21. The molecule has 0 spiro atoms. The second-order valence-corrected chi connectivity index (χ2v) is 6.26. The first-order valence-electron chi connectivity index (χ1n) is 9.47. The van der Waals surface area contributed by atoms with Crippen LogP contribution in [0.3, 0.4) is 0 Å². The second-order valence-electron chi connectivity index (χ2n) is 6.26. The molecule has 1 N–H and O–H groups in total. The first-order valence-corrected chi connectivity index (χ1v) is 9.47. The van der Waals surface area contributed by atoms with Crippen LogP contribution in [0.4, 0.5) is 0 Å². The Hall–Kier alpha value is -0.480. The van der Waals surface area contributed by atoms with E-state index >= 15 is 0 Å². The Kier molecular flexibility index (Phi) is 17.2. The van der Waals surface area contributed by atoms with Gasteiger partial charge >= 0.3 is 0 Å². The molecular weight excluding hydrogens is 256 g/mol. The molecule has 0 bridgehead atoms. The quantitative estimate of drug-likeness (QED) is 0.297. The van der Waals surface area contributed by atoms with Crippen molar-refractivity contribution in [3.05, 3.63) is 0 Å². The molecule has 0 aromatic rings. The van der Waals surface area contributed by atoms with Crippen molar-refractivity contribution in [3.63, 3.8) is 0 Å². The lowest BCUT2D eigenvalue weighted by atomic mass is 10.1. The van der Waals surface area contributed by atoms with Crippen LogP contribution in [0.15, 0.2) is 0 Å². The first kappa shape index (κ1) is 20.5. The van der Waals surface area contributed by atoms with Crippen molar-refractivity contribution < 1.29 is 5.11 Å². The minimum Gasteiger partial charge on any atom is -0.380 e. The zero-order chi connectivity index (χ0) is 15.6. The average molecular weight is 295 g/mol. The fourth-order valence-electron chi connectivity index (χ4n) is 2.55. The Morgan fingerprint density at radius 2 is 1.14 bits per heavy atom. The smallest absolute Gasteiger partial charge is 0.114 e. The highest BCUT2D eigenvalue weighted by Crippen LogP contribution is 2.11. The number of aliphatic hydroxyl groups excluding tert-OH is 1. The molecule has 1 heteroatoms. The maximum Gasteiger partial charge on any atom is 0.114 e. The zero-order valence-electron chi connectivity index (χ0n) is 14.6. The van der Waals surface area contributed by atoms with E-state index in [1.807, 2.05) is 0 Å². The normalized spacial score (nSPS) is 12.0. The lowest BCUT2D eigenvalue weighted by Crippen LogP contribution is -2.01. The summed E-state index contributed by atoms with van der Waals surface area (Å²) in [6.45, 7) is 4.45. The Labute approximate surface area is 133 Å². The van der Waals surface area contributed by atoms with Gasteiger partial charge in [0.2, 0.25) is 0 Å². The highest BCUT2D eigenvalue weighted by Gasteiger charge is 1.97. The minimum absolute atomic E-state index is 0.389. The molecule has 0 aromatic heterocycles. The molecular formula is C20H38O. The van der Waals surface area contributed by atoms with Crippen LogP contribution in [0.1, 0.15) is 110 Å². The average Bonchev–Trinajstić information content (AvgIpc) is 2.48. The fraction of sp³-hybridized carbons (Fsp3) is 0.900. The molecule has 0 amide bonds. The molecule has 0 radical (unpaired) electrons. The van der Waals surface area contributed by atoms with E-state index in [0.29, 0.717) is 0 Å². The molecule has 0 heterocycles. The number of hydrogen-bond donors (Lipinski definition) is 1. The Bertz CT molecular complexity index is 248. The molecule has 0 saturated carbocycles. The summed E-state index contributed by atoms with van der Waals surface area (Å²) in [5.74, 6) is 6.12. The van der Waals surface area contributed by atoms with E-state index in [2.05, 4.69) is 25.7 Å². The second kappa shape index (κ2) is 17.6. The van der Waals surface area contributed by atoms with Crippen molar-refractivity contribution in [2.45, 2.75) is 116 Å². The summed E-state index contributed by atoms with van der Waals surface area (Å²) in [7, 11) is 0. The van der Waals surface area contributed by atoms with Crippen molar-refractivity contribution in [1.29, 1.82) is 0 Å². The third kappa shape index (κ3) is 17.5. The monoisotopic (exact) mass is 294 g/mol. The predicted molar refractivity (Wildman–Crippen MR) is 94.4 cm³/mol. The lowest BCUT2D eigenvalue weighted by molar-refractivity contribution is 0.217. The topological polar surface area (TPSA) is 20.2 Å². The van der Waals surface area contributed by atoms with Crippen LogP contribution in [0.5, 0.6) is 0 Å². The summed E-state index contributed by atoms with van der Waals surface area (Å²) in [5.41, 5.74) is 0. The van der Waals surface area contributed by atoms with Gasteiger partial charge in [-0.3, -0.25) is 0 Å². The van der Waals surface area contributed by atoms with E-state index in [-0.39, 0.29) is 6.10 Å². The third-order valence-electron chi connectivity index (χ3n) is 4.01. The van der Waals surface area contributed by atoms with E-state index < -0.39 is 0 Å². The first-order chi connectivity index (χ1) is 10.3. The minimum atomic E-state index is -0.389.